The molecular weight excluding hydrogens is 244 g/mol. The van der Waals surface area contributed by atoms with Crippen molar-refractivity contribution in [2.45, 2.75) is 52.2 Å². The Bertz CT molecular complexity index is 366. The van der Waals surface area contributed by atoms with Crippen molar-refractivity contribution in [3.63, 3.8) is 0 Å². The van der Waals surface area contributed by atoms with E-state index in [0.717, 1.165) is 31.0 Å². The molecule has 102 valence electrons. The van der Waals surface area contributed by atoms with E-state index in [1.807, 2.05) is 0 Å². The van der Waals surface area contributed by atoms with E-state index in [2.05, 4.69) is 36.5 Å². The minimum absolute atomic E-state index is 0.425. The summed E-state index contributed by atoms with van der Waals surface area (Å²) in [4.78, 5) is 4.59. The Morgan fingerprint density at radius 1 is 1.56 bits per heavy atom. The van der Waals surface area contributed by atoms with Crippen LogP contribution in [-0.4, -0.2) is 30.3 Å². The Balaban J connectivity index is 2.03. The molecule has 0 aliphatic carbocycles. The molecule has 1 saturated heterocycles. The molecule has 1 aliphatic heterocycles. The van der Waals surface area contributed by atoms with Crippen LogP contribution >= 0.6 is 11.3 Å². The highest BCUT2D eigenvalue weighted by Crippen LogP contribution is 2.28. The summed E-state index contributed by atoms with van der Waals surface area (Å²) in [5.74, 6) is 0.636. The van der Waals surface area contributed by atoms with Crippen LogP contribution in [0.3, 0.4) is 0 Å². The van der Waals surface area contributed by atoms with Gasteiger partial charge in [0.2, 0.25) is 0 Å². The Hall–Kier alpha value is -0.450. The predicted molar refractivity (Wildman–Crippen MR) is 76.2 cm³/mol. The molecule has 1 aromatic rings. The lowest BCUT2D eigenvalue weighted by atomic mass is 9.88. The number of aryl methyl sites for hydroxylation is 1. The number of nitrogens with zero attached hydrogens (tertiary/aromatic N) is 1. The van der Waals surface area contributed by atoms with E-state index in [0.29, 0.717) is 18.1 Å². The van der Waals surface area contributed by atoms with E-state index in [1.165, 1.54) is 12.1 Å². The van der Waals surface area contributed by atoms with Crippen LogP contribution in [0.2, 0.25) is 0 Å². The summed E-state index contributed by atoms with van der Waals surface area (Å²) in [5, 5.41) is 6.98. The van der Waals surface area contributed by atoms with Crippen molar-refractivity contribution < 1.29 is 4.74 Å². The second-order valence-corrected chi connectivity index (χ2v) is 6.06. The van der Waals surface area contributed by atoms with Crippen molar-refractivity contribution >= 4 is 11.3 Å². The lowest BCUT2D eigenvalue weighted by Gasteiger charge is -2.27. The summed E-state index contributed by atoms with van der Waals surface area (Å²) in [5.41, 5.74) is 1.23. The number of ether oxygens (including phenoxy) is 1. The number of thiazole rings is 1. The number of hydrogen-bond acceptors (Lipinski definition) is 4. The zero-order valence-corrected chi connectivity index (χ0v) is 12.4. The van der Waals surface area contributed by atoms with Gasteiger partial charge in [0.1, 0.15) is 0 Å². The van der Waals surface area contributed by atoms with Crippen LogP contribution in [0.25, 0.3) is 0 Å². The maximum absolute atomic E-state index is 5.83. The molecule has 2 rings (SSSR count). The summed E-state index contributed by atoms with van der Waals surface area (Å²) in [7, 11) is 0. The predicted octanol–water partition coefficient (Wildman–Crippen LogP) is 2.79. The largest absolute Gasteiger partial charge is 0.378 e. The maximum Gasteiger partial charge on any atom is 0.0897 e. The monoisotopic (exact) mass is 268 g/mol. The lowest BCUT2D eigenvalue weighted by Crippen LogP contribution is -2.41. The van der Waals surface area contributed by atoms with E-state index in [-0.39, 0.29) is 0 Å². The van der Waals surface area contributed by atoms with Gasteiger partial charge in [0.05, 0.1) is 16.8 Å². The molecule has 0 amide bonds. The number of rotatable bonds is 6. The molecule has 0 bridgehead atoms. The molecule has 4 heteroatoms. The maximum atomic E-state index is 5.83. The standard InChI is InChI=1S/C14H24N2OS/c1-4-14-12(6-7-17-14)13(15-5-2)8-11-9-18-10(3)16-11/h9,12-15H,4-8H2,1-3H3. The fraction of sp³-hybridized carbons (Fsp3) is 0.786. The van der Waals surface area contributed by atoms with E-state index in [1.54, 1.807) is 11.3 Å². The molecular formula is C14H24N2OS. The lowest BCUT2D eigenvalue weighted by molar-refractivity contribution is 0.0776. The minimum Gasteiger partial charge on any atom is -0.378 e. The smallest absolute Gasteiger partial charge is 0.0897 e. The molecule has 2 heterocycles. The topological polar surface area (TPSA) is 34.2 Å². The van der Waals surface area contributed by atoms with Crippen molar-refractivity contribution in [2.75, 3.05) is 13.2 Å². The number of aromatic nitrogens is 1. The summed E-state index contributed by atoms with van der Waals surface area (Å²) < 4.78 is 5.83. The van der Waals surface area contributed by atoms with Crippen LogP contribution in [0.5, 0.6) is 0 Å². The minimum atomic E-state index is 0.425. The van der Waals surface area contributed by atoms with Crippen molar-refractivity contribution in [2.24, 2.45) is 5.92 Å². The highest BCUT2D eigenvalue weighted by Gasteiger charge is 2.33. The first kappa shape index (κ1) is 14.0. The molecule has 3 atom stereocenters. The fourth-order valence-corrected chi connectivity index (χ4v) is 3.54. The van der Waals surface area contributed by atoms with Crippen LogP contribution < -0.4 is 5.32 Å². The molecule has 0 aromatic carbocycles. The molecule has 18 heavy (non-hydrogen) atoms. The average Bonchev–Trinajstić information content (AvgIpc) is 2.97. The van der Waals surface area contributed by atoms with Gasteiger partial charge in [-0.15, -0.1) is 11.3 Å². The van der Waals surface area contributed by atoms with Gasteiger partial charge in [-0.2, -0.15) is 0 Å². The van der Waals surface area contributed by atoms with Crippen molar-refractivity contribution in [1.29, 1.82) is 0 Å². The molecule has 1 N–H and O–H groups in total. The number of likely N-dealkylation sites (N-methyl/N-ethyl adjacent to an activating group) is 1. The zero-order valence-electron chi connectivity index (χ0n) is 11.6. The summed E-state index contributed by atoms with van der Waals surface area (Å²) in [6.07, 6.45) is 3.75. The van der Waals surface area contributed by atoms with Crippen LogP contribution in [-0.2, 0) is 11.2 Å². The third-order valence-corrected chi connectivity index (χ3v) is 4.56. The first-order valence-corrected chi connectivity index (χ1v) is 7.88. The van der Waals surface area contributed by atoms with E-state index >= 15 is 0 Å². The van der Waals surface area contributed by atoms with E-state index in [9.17, 15) is 0 Å². The molecule has 0 saturated carbocycles. The van der Waals surface area contributed by atoms with Gasteiger partial charge in [0.25, 0.3) is 0 Å². The van der Waals surface area contributed by atoms with E-state index < -0.39 is 0 Å². The van der Waals surface area contributed by atoms with Gasteiger partial charge < -0.3 is 10.1 Å². The highest BCUT2D eigenvalue weighted by molar-refractivity contribution is 7.09. The third-order valence-electron chi connectivity index (χ3n) is 3.74. The Kier molecular flexibility index (Phi) is 5.15. The van der Waals surface area contributed by atoms with Crippen LogP contribution in [0.15, 0.2) is 5.38 Å². The fourth-order valence-electron chi connectivity index (χ4n) is 2.91. The number of nitrogens with one attached hydrogen (secondary N) is 1. The third kappa shape index (κ3) is 3.31. The van der Waals surface area contributed by atoms with Crippen molar-refractivity contribution in [3.8, 4) is 0 Å². The van der Waals surface area contributed by atoms with Gasteiger partial charge in [-0.05, 0) is 26.3 Å². The quantitative estimate of drug-likeness (QED) is 0.861. The molecule has 3 unspecified atom stereocenters. The van der Waals surface area contributed by atoms with Gasteiger partial charge in [0.15, 0.2) is 0 Å². The first-order chi connectivity index (χ1) is 8.74. The van der Waals surface area contributed by atoms with E-state index in [4.69, 9.17) is 4.74 Å². The molecule has 1 aliphatic rings. The van der Waals surface area contributed by atoms with Crippen molar-refractivity contribution in [1.82, 2.24) is 10.3 Å². The van der Waals surface area contributed by atoms with Crippen LogP contribution in [0.1, 0.15) is 37.4 Å². The second kappa shape index (κ2) is 6.64. The second-order valence-electron chi connectivity index (χ2n) is 5.00. The summed E-state index contributed by atoms with van der Waals surface area (Å²) in [6, 6.07) is 0.504. The Morgan fingerprint density at radius 2 is 2.39 bits per heavy atom. The molecule has 1 aromatic heterocycles. The highest BCUT2D eigenvalue weighted by atomic mass is 32.1. The molecule has 0 radical (unpaired) electrons. The average molecular weight is 268 g/mol. The Labute approximate surface area is 114 Å². The summed E-state index contributed by atoms with van der Waals surface area (Å²) >= 11 is 1.74. The summed E-state index contributed by atoms with van der Waals surface area (Å²) in [6.45, 7) is 8.40. The van der Waals surface area contributed by atoms with Gasteiger partial charge >= 0.3 is 0 Å². The molecule has 1 fully saturated rings. The molecule has 3 nitrogen and oxygen atoms in total. The van der Waals surface area contributed by atoms with Gasteiger partial charge in [0, 0.05) is 30.4 Å². The normalized spacial score (nSPS) is 25.5. The zero-order chi connectivity index (χ0) is 13.0. The van der Waals surface area contributed by atoms with Crippen LogP contribution in [0, 0.1) is 12.8 Å². The van der Waals surface area contributed by atoms with Crippen molar-refractivity contribution in [3.05, 3.63) is 16.1 Å². The van der Waals surface area contributed by atoms with Gasteiger partial charge in [-0.25, -0.2) is 4.98 Å². The number of hydrogen-bond donors (Lipinski definition) is 1. The van der Waals surface area contributed by atoms with Gasteiger partial charge in [-0.3, -0.25) is 0 Å². The first-order valence-electron chi connectivity index (χ1n) is 7.00. The Morgan fingerprint density at radius 3 is 3.00 bits per heavy atom. The molecule has 0 spiro atoms. The van der Waals surface area contributed by atoms with Gasteiger partial charge in [-0.1, -0.05) is 13.8 Å². The SMILES string of the molecule is CCNC(Cc1csc(C)n1)C1CCOC1CC. The van der Waals surface area contributed by atoms with Crippen LogP contribution in [0.4, 0.5) is 0 Å².